The second kappa shape index (κ2) is 4.16. The van der Waals surface area contributed by atoms with Crippen LogP contribution in [0.4, 0.5) is 14.6 Å². The van der Waals surface area contributed by atoms with Gasteiger partial charge in [0.2, 0.25) is 0 Å². The van der Waals surface area contributed by atoms with Crippen molar-refractivity contribution in [3.8, 4) is 11.3 Å². The third-order valence-electron chi connectivity index (χ3n) is 2.76. The van der Waals surface area contributed by atoms with Gasteiger partial charge in [0.1, 0.15) is 18.3 Å². The fourth-order valence-electron chi connectivity index (χ4n) is 1.71. The van der Waals surface area contributed by atoms with E-state index in [1.165, 1.54) is 10.7 Å². The van der Waals surface area contributed by atoms with Crippen molar-refractivity contribution in [2.45, 2.75) is 13.6 Å². The number of nitrogens with zero attached hydrogens (tertiary/aromatic N) is 2. The molecule has 0 aliphatic heterocycles. The van der Waals surface area contributed by atoms with Crippen molar-refractivity contribution in [2.75, 3.05) is 5.73 Å². The lowest BCUT2D eigenvalue weighted by atomic mass is 10.0. The molecule has 0 amide bonds. The molecule has 0 radical (unpaired) electrons. The first-order chi connectivity index (χ1) is 8.02. The van der Waals surface area contributed by atoms with Gasteiger partial charge < -0.3 is 5.73 Å². The summed E-state index contributed by atoms with van der Waals surface area (Å²) in [7, 11) is 1.71. The molecule has 0 aliphatic rings. The molecule has 0 saturated carbocycles. The van der Waals surface area contributed by atoms with E-state index >= 15 is 0 Å². The number of nitrogens with two attached hydrogens (primary N) is 1. The first kappa shape index (κ1) is 11.6. The van der Waals surface area contributed by atoms with E-state index < -0.39 is 12.5 Å². The van der Waals surface area contributed by atoms with Crippen LogP contribution >= 0.6 is 0 Å². The third-order valence-corrected chi connectivity index (χ3v) is 2.76. The molecule has 1 aromatic heterocycles. The Kier molecular flexibility index (Phi) is 2.83. The first-order valence-electron chi connectivity index (χ1n) is 5.17. The first-order valence-corrected chi connectivity index (χ1v) is 5.17. The van der Waals surface area contributed by atoms with Gasteiger partial charge in [-0.05, 0) is 24.6 Å². The van der Waals surface area contributed by atoms with Gasteiger partial charge in [-0.2, -0.15) is 5.10 Å². The molecule has 17 heavy (non-hydrogen) atoms. The summed E-state index contributed by atoms with van der Waals surface area (Å²) in [4.78, 5) is 0. The minimum Gasteiger partial charge on any atom is -0.384 e. The van der Waals surface area contributed by atoms with E-state index in [9.17, 15) is 8.78 Å². The summed E-state index contributed by atoms with van der Waals surface area (Å²) < 4.78 is 27.7. The fraction of sp³-hybridized carbons (Fsp3) is 0.250. The van der Waals surface area contributed by atoms with Crippen LogP contribution in [0.1, 0.15) is 11.1 Å². The van der Waals surface area contributed by atoms with Gasteiger partial charge in [-0.25, -0.2) is 8.78 Å². The average molecular weight is 237 g/mol. The van der Waals surface area contributed by atoms with Crippen LogP contribution in [0.2, 0.25) is 0 Å². The van der Waals surface area contributed by atoms with E-state index in [0.29, 0.717) is 22.6 Å². The zero-order valence-corrected chi connectivity index (χ0v) is 9.67. The quantitative estimate of drug-likeness (QED) is 0.872. The molecule has 0 aliphatic carbocycles. The van der Waals surface area contributed by atoms with Crippen LogP contribution < -0.4 is 5.73 Å². The summed E-state index contributed by atoms with van der Waals surface area (Å²) in [5, 5.41) is 4.15. The molecule has 3 nitrogen and oxygen atoms in total. The Hall–Kier alpha value is -1.91. The minimum absolute atomic E-state index is 0.0950. The number of benzene rings is 1. The number of anilines is 1. The maximum Gasteiger partial charge on any atom is 0.129 e. The number of hydrogen-bond acceptors (Lipinski definition) is 2. The average Bonchev–Trinajstić information content (AvgIpc) is 2.59. The van der Waals surface area contributed by atoms with Crippen molar-refractivity contribution in [1.29, 1.82) is 0 Å². The van der Waals surface area contributed by atoms with Crippen LogP contribution in [0, 0.1) is 12.7 Å². The monoisotopic (exact) mass is 237 g/mol. The van der Waals surface area contributed by atoms with Gasteiger partial charge in [0.15, 0.2) is 0 Å². The molecule has 90 valence electrons. The van der Waals surface area contributed by atoms with E-state index in [0.717, 1.165) is 0 Å². The predicted octanol–water partition coefficient (Wildman–Crippen LogP) is 2.59. The molecular weight excluding hydrogens is 224 g/mol. The van der Waals surface area contributed by atoms with Crippen molar-refractivity contribution < 1.29 is 8.78 Å². The predicted molar refractivity (Wildman–Crippen MR) is 62.6 cm³/mol. The Bertz CT molecular complexity index is 518. The SMILES string of the molecule is Cc1cc(-c2cc(N)n(C)n2)cc(F)c1CF. The molecule has 0 saturated heterocycles. The summed E-state index contributed by atoms with van der Waals surface area (Å²) >= 11 is 0. The number of halogens is 2. The Balaban J connectivity index is 2.54. The van der Waals surface area contributed by atoms with Crippen molar-refractivity contribution in [3.05, 3.63) is 35.1 Å². The molecule has 1 heterocycles. The fourth-order valence-corrected chi connectivity index (χ4v) is 1.71. The van der Waals surface area contributed by atoms with Gasteiger partial charge >= 0.3 is 0 Å². The molecule has 2 aromatic rings. The summed E-state index contributed by atoms with van der Waals surface area (Å²) in [5.74, 6) is -0.0562. The molecule has 0 atom stereocenters. The largest absolute Gasteiger partial charge is 0.384 e. The normalized spacial score (nSPS) is 10.8. The number of alkyl halides is 1. The van der Waals surface area contributed by atoms with E-state index in [-0.39, 0.29) is 5.56 Å². The van der Waals surface area contributed by atoms with E-state index in [4.69, 9.17) is 5.73 Å². The molecule has 2 N–H and O–H groups in total. The third kappa shape index (κ3) is 2.00. The number of aryl methyl sites for hydroxylation is 2. The van der Waals surface area contributed by atoms with Crippen LogP contribution in [-0.2, 0) is 13.7 Å². The maximum absolute atomic E-state index is 13.6. The van der Waals surface area contributed by atoms with Crippen molar-refractivity contribution >= 4 is 5.82 Å². The zero-order valence-electron chi connectivity index (χ0n) is 9.67. The molecule has 2 rings (SSSR count). The number of aromatic nitrogens is 2. The van der Waals surface area contributed by atoms with Crippen LogP contribution in [0.3, 0.4) is 0 Å². The highest BCUT2D eigenvalue weighted by atomic mass is 19.1. The second-order valence-corrected chi connectivity index (χ2v) is 3.97. The molecule has 0 bridgehead atoms. The van der Waals surface area contributed by atoms with Crippen LogP contribution in [0.25, 0.3) is 11.3 Å². The molecule has 0 unspecified atom stereocenters. The molecule has 0 fully saturated rings. The van der Waals surface area contributed by atoms with E-state index in [1.807, 2.05) is 0 Å². The Labute approximate surface area is 97.9 Å². The van der Waals surface area contributed by atoms with Crippen molar-refractivity contribution in [1.82, 2.24) is 9.78 Å². The van der Waals surface area contributed by atoms with Crippen LogP contribution in [0.15, 0.2) is 18.2 Å². The van der Waals surface area contributed by atoms with E-state index in [2.05, 4.69) is 5.10 Å². The Morgan fingerprint density at radius 3 is 2.53 bits per heavy atom. The lowest BCUT2D eigenvalue weighted by Gasteiger charge is -2.05. The lowest BCUT2D eigenvalue weighted by Crippen LogP contribution is -1.97. The molecular formula is C12H13F2N3. The molecule has 1 aromatic carbocycles. The van der Waals surface area contributed by atoms with E-state index in [1.54, 1.807) is 26.1 Å². The molecule has 5 heteroatoms. The van der Waals surface area contributed by atoms with Crippen LogP contribution in [-0.4, -0.2) is 9.78 Å². The zero-order chi connectivity index (χ0) is 12.6. The van der Waals surface area contributed by atoms with Gasteiger partial charge in [0.05, 0.1) is 5.69 Å². The second-order valence-electron chi connectivity index (χ2n) is 3.97. The highest BCUT2D eigenvalue weighted by molar-refractivity contribution is 5.64. The van der Waals surface area contributed by atoms with Gasteiger partial charge in [-0.15, -0.1) is 0 Å². The molecule has 0 spiro atoms. The summed E-state index contributed by atoms with van der Waals surface area (Å²) in [6, 6.07) is 4.65. The van der Waals surface area contributed by atoms with Gasteiger partial charge in [-0.3, -0.25) is 4.68 Å². The highest BCUT2D eigenvalue weighted by Gasteiger charge is 2.11. The standard InChI is InChI=1S/C12H13F2N3/c1-7-3-8(4-10(14)9(7)6-13)11-5-12(15)17(2)16-11/h3-5H,6,15H2,1-2H3. The summed E-state index contributed by atoms with van der Waals surface area (Å²) in [5.41, 5.74) is 7.51. The Morgan fingerprint density at radius 2 is 2.06 bits per heavy atom. The Morgan fingerprint density at radius 1 is 1.35 bits per heavy atom. The smallest absolute Gasteiger partial charge is 0.129 e. The van der Waals surface area contributed by atoms with Crippen LogP contribution in [0.5, 0.6) is 0 Å². The van der Waals surface area contributed by atoms with Gasteiger partial charge in [0, 0.05) is 24.2 Å². The van der Waals surface area contributed by atoms with Crippen molar-refractivity contribution in [2.24, 2.45) is 7.05 Å². The summed E-state index contributed by atoms with van der Waals surface area (Å²) in [6.45, 7) is 0.871. The summed E-state index contributed by atoms with van der Waals surface area (Å²) in [6.07, 6.45) is 0. The lowest BCUT2D eigenvalue weighted by molar-refractivity contribution is 0.462. The van der Waals surface area contributed by atoms with Gasteiger partial charge in [0.25, 0.3) is 0 Å². The number of hydrogen-bond donors (Lipinski definition) is 1. The highest BCUT2D eigenvalue weighted by Crippen LogP contribution is 2.25. The number of nitrogen functional groups attached to an aromatic ring is 1. The number of rotatable bonds is 2. The maximum atomic E-state index is 13.6. The van der Waals surface area contributed by atoms with Crippen molar-refractivity contribution in [3.63, 3.8) is 0 Å². The topological polar surface area (TPSA) is 43.8 Å². The van der Waals surface area contributed by atoms with Gasteiger partial charge in [-0.1, -0.05) is 0 Å². The minimum atomic E-state index is -0.803.